The largest absolute Gasteiger partial charge is 0.345 e. The van der Waals surface area contributed by atoms with Crippen LogP contribution in [-0.2, 0) is 11.2 Å². The molecule has 2 N–H and O–H groups in total. The first kappa shape index (κ1) is 14.0. The Morgan fingerprint density at radius 2 is 2.11 bits per heavy atom. The van der Waals surface area contributed by atoms with E-state index in [1.165, 1.54) is 6.07 Å². The summed E-state index contributed by atoms with van der Waals surface area (Å²) in [5.74, 6) is -0.179. The average molecular weight is 264 g/mol. The summed E-state index contributed by atoms with van der Waals surface area (Å²) in [4.78, 5) is 13.7. The predicted octanol–water partition coefficient (Wildman–Crippen LogP) is 1.96. The topological polar surface area (TPSA) is 46.3 Å². The van der Waals surface area contributed by atoms with Crippen molar-refractivity contribution < 1.29 is 9.18 Å². The molecule has 1 aliphatic rings. The van der Waals surface area contributed by atoms with Gasteiger partial charge < -0.3 is 10.6 Å². The Morgan fingerprint density at radius 1 is 1.42 bits per heavy atom. The van der Waals surface area contributed by atoms with E-state index in [-0.39, 0.29) is 17.1 Å². The van der Waals surface area contributed by atoms with Gasteiger partial charge in [0.15, 0.2) is 0 Å². The van der Waals surface area contributed by atoms with E-state index in [0.29, 0.717) is 24.9 Å². The zero-order valence-corrected chi connectivity index (χ0v) is 11.4. The molecule has 4 heteroatoms. The molecule has 0 spiro atoms. The summed E-state index contributed by atoms with van der Waals surface area (Å²) in [6.45, 7) is 1.36. The van der Waals surface area contributed by atoms with Crippen molar-refractivity contribution >= 4 is 5.91 Å². The van der Waals surface area contributed by atoms with E-state index in [1.54, 1.807) is 30.1 Å². The number of benzene rings is 1. The number of carbonyl (C=O) groups is 1. The van der Waals surface area contributed by atoms with Crippen LogP contribution >= 0.6 is 0 Å². The number of aryl methyl sites for hydroxylation is 1. The smallest absolute Gasteiger partial charge is 0.222 e. The Morgan fingerprint density at radius 3 is 2.68 bits per heavy atom. The van der Waals surface area contributed by atoms with E-state index in [0.717, 1.165) is 19.4 Å². The Hall–Kier alpha value is -1.42. The minimum Gasteiger partial charge on any atom is -0.345 e. The van der Waals surface area contributed by atoms with Crippen molar-refractivity contribution in [2.75, 3.05) is 20.1 Å². The van der Waals surface area contributed by atoms with Crippen LogP contribution in [0.2, 0.25) is 0 Å². The molecule has 0 aromatic heterocycles. The van der Waals surface area contributed by atoms with Gasteiger partial charge in [0, 0.05) is 25.4 Å². The third kappa shape index (κ3) is 3.53. The number of carbonyl (C=O) groups excluding carboxylic acids is 1. The molecule has 0 aliphatic heterocycles. The number of halogens is 1. The molecule has 0 bridgehead atoms. The molecule has 1 fully saturated rings. The highest BCUT2D eigenvalue weighted by molar-refractivity contribution is 5.76. The van der Waals surface area contributed by atoms with Gasteiger partial charge in [-0.25, -0.2) is 4.39 Å². The molecular weight excluding hydrogens is 243 g/mol. The Kier molecular flexibility index (Phi) is 4.20. The molecule has 1 aromatic carbocycles. The van der Waals surface area contributed by atoms with Crippen molar-refractivity contribution in [1.29, 1.82) is 0 Å². The van der Waals surface area contributed by atoms with Crippen LogP contribution in [-0.4, -0.2) is 30.9 Å². The van der Waals surface area contributed by atoms with Gasteiger partial charge in [0.05, 0.1) is 0 Å². The summed E-state index contributed by atoms with van der Waals surface area (Å²) in [5, 5.41) is 0. The number of rotatable bonds is 6. The van der Waals surface area contributed by atoms with Crippen molar-refractivity contribution in [3.63, 3.8) is 0 Å². The highest BCUT2D eigenvalue weighted by Gasteiger charge is 2.42. The van der Waals surface area contributed by atoms with Crippen molar-refractivity contribution in [1.82, 2.24) is 4.90 Å². The summed E-state index contributed by atoms with van der Waals surface area (Å²) < 4.78 is 13.4. The van der Waals surface area contributed by atoms with Crippen LogP contribution in [0.25, 0.3) is 0 Å². The molecular formula is C15H21FN2O. The summed E-state index contributed by atoms with van der Waals surface area (Å²) in [7, 11) is 1.80. The predicted molar refractivity (Wildman–Crippen MR) is 73.1 cm³/mol. The third-order valence-electron chi connectivity index (χ3n) is 3.95. The molecule has 0 unspecified atom stereocenters. The Bertz CT molecular complexity index is 457. The fraction of sp³-hybridized carbons (Fsp3) is 0.533. The van der Waals surface area contributed by atoms with Gasteiger partial charge in [0.25, 0.3) is 0 Å². The van der Waals surface area contributed by atoms with E-state index < -0.39 is 0 Å². The first-order chi connectivity index (χ1) is 9.06. The van der Waals surface area contributed by atoms with Crippen molar-refractivity contribution in [2.24, 2.45) is 11.1 Å². The lowest BCUT2D eigenvalue weighted by Gasteiger charge is -2.22. The quantitative estimate of drug-likeness (QED) is 0.853. The van der Waals surface area contributed by atoms with Gasteiger partial charge in [0.2, 0.25) is 5.91 Å². The molecule has 0 atom stereocenters. The van der Waals surface area contributed by atoms with Crippen molar-refractivity contribution in [2.45, 2.75) is 25.7 Å². The summed E-state index contributed by atoms with van der Waals surface area (Å²) in [6, 6.07) is 6.60. The van der Waals surface area contributed by atoms with Gasteiger partial charge >= 0.3 is 0 Å². The van der Waals surface area contributed by atoms with E-state index >= 15 is 0 Å². The maximum Gasteiger partial charge on any atom is 0.222 e. The van der Waals surface area contributed by atoms with Gasteiger partial charge in [0.1, 0.15) is 5.82 Å². The standard InChI is InChI=1S/C15H21FN2O/c1-18(11-15(10-17)8-9-15)14(19)7-6-12-4-2-3-5-13(12)16/h2-5H,6-11,17H2,1H3. The summed E-state index contributed by atoms with van der Waals surface area (Å²) in [6.07, 6.45) is 3.01. The lowest BCUT2D eigenvalue weighted by Crippen LogP contribution is -2.35. The molecule has 1 aliphatic carbocycles. The molecule has 19 heavy (non-hydrogen) atoms. The number of hydrogen-bond donors (Lipinski definition) is 1. The highest BCUT2D eigenvalue weighted by Crippen LogP contribution is 2.44. The maximum atomic E-state index is 13.4. The van der Waals surface area contributed by atoms with Crippen LogP contribution in [0.4, 0.5) is 4.39 Å². The van der Waals surface area contributed by atoms with E-state index in [9.17, 15) is 9.18 Å². The zero-order chi connectivity index (χ0) is 13.9. The summed E-state index contributed by atoms with van der Waals surface area (Å²) in [5.41, 5.74) is 6.47. The van der Waals surface area contributed by atoms with Gasteiger partial charge in [-0.05, 0) is 37.4 Å². The molecule has 3 nitrogen and oxygen atoms in total. The third-order valence-corrected chi connectivity index (χ3v) is 3.95. The lowest BCUT2D eigenvalue weighted by atomic mass is 10.1. The molecule has 1 amide bonds. The highest BCUT2D eigenvalue weighted by atomic mass is 19.1. The first-order valence-electron chi connectivity index (χ1n) is 6.74. The van der Waals surface area contributed by atoms with Gasteiger partial charge in [-0.2, -0.15) is 0 Å². The van der Waals surface area contributed by atoms with Gasteiger partial charge in [-0.3, -0.25) is 4.79 Å². The molecule has 2 rings (SSSR count). The number of amides is 1. The lowest BCUT2D eigenvalue weighted by molar-refractivity contribution is -0.130. The number of hydrogen-bond acceptors (Lipinski definition) is 2. The van der Waals surface area contributed by atoms with Crippen molar-refractivity contribution in [3.05, 3.63) is 35.6 Å². The van der Waals surface area contributed by atoms with Crippen LogP contribution in [0.15, 0.2) is 24.3 Å². The Balaban J connectivity index is 1.83. The molecule has 104 valence electrons. The van der Waals surface area contributed by atoms with Crippen LogP contribution in [0.3, 0.4) is 0 Å². The number of nitrogens with zero attached hydrogens (tertiary/aromatic N) is 1. The van der Waals surface area contributed by atoms with Crippen LogP contribution in [0, 0.1) is 11.2 Å². The second-order valence-electron chi connectivity index (χ2n) is 5.55. The van der Waals surface area contributed by atoms with Gasteiger partial charge in [-0.15, -0.1) is 0 Å². The van der Waals surface area contributed by atoms with E-state index in [2.05, 4.69) is 0 Å². The van der Waals surface area contributed by atoms with E-state index in [4.69, 9.17) is 5.73 Å². The van der Waals surface area contributed by atoms with Crippen LogP contribution in [0.1, 0.15) is 24.8 Å². The molecule has 0 heterocycles. The molecule has 1 saturated carbocycles. The Labute approximate surface area is 113 Å². The van der Waals surface area contributed by atoms with Crippen LogP contribution in [0.5, 0.6) is 0 Å². The molecule has 0 saturated heterocycles. The summed E-state index contributed by atoms with van der Waals surface area (Å²) >= 11 is 0. The SMILES string of the molecule is CN(CC1(CN)CC1)C(=O)CCc1ccccc1F. The van der Waals surface area contributed by atoms with Gasteiger partial charge in [-0.1, -0.05) is 18.2 Å². The molecule has 1 aromatic rings. The van der Waals surface area contributed by atoms with E-state index in [1.807, 2.05) is 0 Å². The second-order valence-corrected chi connectivity index (χ2v) is 5.55. The number of nitrogens with two attached hydrogens (primary N) is 1. The minimum atomic E-state index is -0.237. The fourth-order valence-corrected chi connectivity index (χ4v) is 2.33. The zero-order valence-electron chi connectivity index (χ0n) is 11.4. The molecule has 0 radical (unpaired) electrons. The van der Waals surface area contributed by atoms with Crippen LogP contribution < -0.4 is 5.73 Å². The first-order valence-corrected chi connectivity index (χ1v) is 6.74. The monoisotopic (exact) mass is 264 g/mol. The van der Waals surface area contributed by atoms with Crippen molar-refractivity contribution in [3.8, 4) is 0 Å². The fourth-order valence-electron chi connectivity index (χ4n) is 2.33. The minimum absolute atomic E-state index is 0.0583. The maximum absolute atomic E-state index is 13.4. The second kappa shape index (κ2) is 5.70. The average Bonchev–Trinajstić information content (AvgIpc) is 3.17. The normalized spacial score (nSPS) is 16.2.